The Morgan fingerprint density at radius 2 is 2.19 bits per heavy atom. The second kappa shape index (κ2) is 7.73. The molecule has 0 aliphatic carbocycles. The van der Waals surface area contributed by atoms with E-state index in [9.17, 15) is 9.59 Å². The van der Waals surface area contributed by atoms with Crippen LogP contribution in [0, 0.1) is 0 Å². The molecule has 0 spiro atoms. The van der Waals surface area contributed by atoms with Crippen LogP contribution in [0.5, 0.6) is 0 Å². The van der Waals surface area contributed by atoms with Crippen LogP contribution in [-0.2, 0) is 16.0 Å². The van der Waals surface area contributed by atoms with Gasteiger partial charge in [-0.05, 0) is 55.0 Å². The summed E-state index contributed by atoms with van der Waals surface area (Å²) in [6.07, 6.45) is 13.0. The third-order valence-corrected chi connectivity index (χ3v) is 5.19. The minimum absolute atomic E-state index is 0.00282. The number of anilines is 1. The van der Waals surface area contributed by atoms with Crippen molar-refractivity contribution < 1.29 is 9.59 Å². The molecule has 1 unspecified atom stereocenters. The number of aromatic nitrogens is 3. The van der Waals surface area contributed by atoms with Crippen molar-refractivity contribution in [3.63, 3.8) is 0 Å². The van der Waals surface area contributed by atoms with E-state index in [0.717, 1.165) is 43.5 Å². The van der Waals surface area contributed by atoms with E-state index in [1.165, 1.54) is 0 Å². The Balaban J connectivity index is 1.38. The maximum Gasteiger partial charge on any atom is 0.246 e. The molecule has 0 bridgehead atoms. The summed E-state index contributed by atoms with van der Waals surface area (Å²) < 4.78 is 2.00. The molecule has 1 atom stereocenters. The molecule has 140 valence electrons. The number of likely N-dealkylation sites (tertiary alicyclic amines) is 1. The van der Waals surface area contributed by atoms with E-state index < -0.39 is 0 Å². The fraction of sp³-hybridized carbons (Fsp3) is 0.400. The van der Waals surface area contributed by atoms with Gasteiger partial charge in [0.1, 0.15) is 5.82 Å². The first kappa shape index (κ1) is 17.5. The Labute approximate surface area is 158 Å². The highest BCUT2D eigenvalue weighted by Gasteiger charge is 2.20. The smallest absolute Gasteiger partial charge is 0.246 e. The first-order chi connectivity index (χ1) is 13.2. The first-order valence-electron chi connectivity index (χ1n) is 9.44. The van der Waals surface area contributed by atoms with Crippen molar-refractivity contribution in [3.8, 4) is 0 Å². The number of hydrogen-bond donors (Lipinski definition) is 1. The Kier molecular flexibility index (Phi) is 5.00. The van der Waals surface area contributed by atoms with E-state index in [1.807, 2.05) is 34.0 Å². The van der Waals surface area contributed by atoms with Crippen molar-refractivity contribution in [2.24, 2.45) is 0 Å². The van der Waals surface area contributed by atoms with Gasteiger partial charge in [-0.1, -0.05) is 0 Å². The Morgan fingerprint density at radius 3 is 3.04 bits per heavy atom. The molecule has 0 radical (unpaired) electrons. The van der Waals surface area contributed by atoms with Crippen molar-refractivity contribution in [1.82, 2.24) is 19.7 Å². The first-order valence-corrected chi connectivity index (χ1v) is 9.44. The van der Waals surface area contributed by atoms with Crippen molar-refractivity contribution in [1.29, 1.82) is 0 Å². The van der Waals surface area contributed by atoms with E-state index in [2.05, 4.69) is 15.4 Å². The Hall–Kier alpha value is -2.96. The van der Waals surface area contributed by atoms with Crippen LogP contribution in [0.25, 0.3) is 6.08 Å². The molecule has 0 aromatic carbocycles. The monoisotopic (exact) mass is 365 g/mol. The standard InChI is InChI=1S/C20H23N5O2/c26-18-6-5-16-13-15(14-21-20(16)23-18)4-7-19(27)24-10-1-3-17(8-12-24)25-11-2-9-22-25/h2,4,7,9,11,13-14,17H,1,3,5-6,8,10,12H2,(H,21,23,26). The summed E-state index contributed by atoms with van der Waals surface area (Å²) in [5.41, 5.74) is 1.89. The zero-order valence-electron chi connectivity index (χ0n) is 15.2. The van der Waals surface area contributed by atoms with Crippen LogP contribution in [0.15, 0.2) is 36.8 Å². The van der Waals surface area contributed by atoms with Gasteiger partial charge in [0.05, 0.1) is 6.04 Å². The average molecular weight is 365 g/mol. The molecule has 7 heteroatoms. The fourth-order valence-electron chi connectivity index (χ4n) is 3.70. The molecule has 1 N–H and O–H groups in total. The van der Waals surface area contributed by atoms with E-state index in [1.54, 1.807) is 18.5 Å². The van der Waals surface area contributed by atoms with E-state index >= 15 is 0 Å². The molecule has 7 nitrogen and oxygen atoms in total. The molecule has 1 saturated heterocycles. The fourth-order valence-corrected chi connectivity index (χ4v) is 3.70. The quantitative estimate of drug-likeness (QED) is 0.847. The maximum atomic E-state index is 12.6. The molecule has 0 saturated carbocycles. The van der Waals surface area contributed by atoms with E-state index in [-0.39, 0.29) is 11.8 Å². The number of nitrogens with one attached hydrogen (secondary N) is 1. The lowest BCUT2D eigenvalue weighted by Gasteiger charge is -2.19. The Morgan fingerprint density at radius 1 is 1.26 bits per heavy atom. The number of carbonyl (C=O) groups is 2. The third-order valence-electron chi connectivity index (χ3n) is 5.19. The molecule has 2 aliphatic rings. The highest BCUT2D eigenvalue weighted by atomic mass is 16.2. The number of carbonyl (C=O) groups excluding carboxylic acids is 2. The van der Waals surface area contributed by atoms with Crippen molar-refractivity contribution >= 4 is 23.7 Å². The Bertz CT molecular complexity index is 859. The third kappa shape index (κ3) is 4.07. The van der Waals surface area contributed by atoms with Crippen molar-refractivity contribution in [3.05, 3.63) is 47.9 Å². The normalized spacial score (nSPS) is 20.2. The van der Waals surface area contributed by atoms with Gasteiger partial charge in [-0.2, -0.15) is 5.10 Å². The second-order valence-electron chi connectivity index (χ2n) is 7.05. The topological polar surface area (TPSA) is 80.1 Å². The average Bonchev–Trinajstić information content (AvgIpc) is 3.10. The van der Waals surface area contributed by atoms with E-state index in [4.69, 9.17) is 0 Å². The molecular weight excluding hydrogens is 342 g/mol. The summed E-state index contributed by atoms with van der Waals surface area (Å²) in [5, 5.41) is 7.10. The summed E-state index contributed by atoms with van der Waals surface area (Å²) >= 11 is 0. The zero-order valence-corrected chi connectivity index (χ0v) is 15.2. The molecule has 27 heavy (non-hydrogen) atoms. The molecular formula is C20H23N5O2. The number of aryl methyl sites for hydroxylation is 1. The highest BCUT2D eigenvalue weighted by molar-refractivity contribution is 5.93. The number of rotatable bonds is 3. The van der Waals surface area contributed by atoms with Gasteiger partial charge in [0.25, 0.3) is 0 Å². The van der Waals surface area contributed by atoms with Crippen LogP contribution in [-0.4, -0.2) is 44.6 Å². The predicted octanol–water partition coefficient (Wildman–Crippen LogP) is 2.43. The van der Waals surface area contributed by atoms with Gasteiger partial charge in [-0.25, -0.2) is 4.98 Å². The summed E-state index contributed by atoms with van der Waals surface area (Å²) in [6.45, 7) is 1.51. The van der Waals surface area contributed by atoms with E-state index in [0.29, 0.717) is 24.7 Å². The molecule has 1 fully saturated rings. The van der Waals surface area contributed by atoms with Gasteiger partial charge in [0.15, 0.2) is 0 Å². The van der Waals surface area contributed by atoms with Gasteiger partial charge < -0.3 is 10.2 Å². The highest BCUT2D eigenvalue weighted by Crippen LogP contribution is 2.23. The van der Waals surface area contributed by atoms with Crippen LogP contribution in [0.1, 0.15) is 42.9 Å². The lowest BCUT2D eigenvalue weighted by atomic mass is 10.0. The summed E-state index contributed by atoms with van der Waals surface area (Å²) in [4.78, 5) is 30.2. The molecule has 2 amide bonds. The molecule has 2 aliphatic heterocycles. The minimum Gasteiger partial charge on any atom is -0.339 e. The van der Waals surface area contributed by atoms with Crippen LogP contribution in [0.2, 0.25) is 0 Å². The van der Waals surface area contributed by atoms with Crippen LogP contribution >= 0.6 is 0 Å². The molecule has 4 heterocycles. The largest absolute Gasteiger partial charge is 0.339 e. The summed E-state index contributed by atoms with van der Waals surface area (Å²) in [5.74, 6) is 0.664. The second-order valence-corrected chi connectivity index (χ2v) is 7.05. The minimum atomic E-state index is 0.00282. The maximum absolute atomic E-state index is 12.6. The van der Waals surface area contributed by atoms with Crippen LogP contribution in [0.4, 0.5) is 5.82 Å². The number of fused-ring (bicyclic) bond motifs is 1. The van der Waals surface area contributed by atoms with Gasteiger partial charge in [0.2, 0.25) is 11.8 Å². The van der Waals surface area contributed by atoms with Crippen molar-refractivity contribution in [2.45, 2.75) is 38.1 Å². The lowest BCUT2D eigenvalue weighted by molar-refractivity contribution is -0.126. The summed E-state index contributed by atoms with van der Waals surface area (Å²) in [6, 6.07) is 4.29. The van der Waals surface area contributed by atoms with Gasteiger partial charge in [-0.3, -0.25) is 14.3 Å². The number of amides is 2. The zero-order chi connectivity index (χ0) is 18.6. The van der Waals surface area contributed by atoms with Gasteiger partial charge in [-0.15, -0.1) is 0 Å². The molecule has 4 rings (SSSR count). The summed E-state index contributed by atoms with van der Waals surface area (Å²) in [7, 11) is 0. The SMILES string of the molecule is O=C1CCc2cc(C=CC(=O)N3CCCC(n4cccn4)CC3)cnc2N1. The predicted molar refractivity (Wildman–Crippen MR) is 102 cm³/mol. The van der Waals surface area contributed by atoms with Crippen molar-refractivity contribution in [2.75, 3.05) is 18.4 Å². The lowest BCUT2D eigenvalue weighted by Crippen LogP contribution is -2.30. The number of hydrogen-bond acceptors (Lipinski definition) is 4. The molecule has 2 aromatic heterocycles. The van der Waals surface area contributed by atoms with Gasteiger partial charge in [0, 0.05) is 44.2 Å². The van der Waals surface area contributed by atoms with Crippen LogP contribution in [0.3, 0.4) is 0 Å². The number of pyridine rings is 1. The number of nitrogens with zero attached hydrogens (tertiary/aromatic N) is 4. The molecule has 2 aromatic rings. The van der Waals surface area contributed by atoms with Crippen LogP contribution < -0.4 is 5.32 Å². The van der Waals surface area contributed by atoms with Gasteiger partial charge >= 0.3 is 0 Å².